The summed E-state index contributed by atoms with van der Waals surface area (Å²) in [5, 5.41) is 0. The smallest absolute Gasteiger partial charge is 0.183 e. The molecule has 1 atom stereocenters. The van der Waals surface area contributed by atoms with Gasteiger partial charge >= 0.3 is 0 Å². The topological polar surface area (TPSA) is 17.1 Å². The fourth-order valence-electron chi connectivity index (χ4n) is 1.57. The number of ketones is 1. The van der Waals surface area contributed by atoms with Gasteiger partial charge in [-0.25, -0.2) is 4.39 Å². The second-order valence-corrected chi connectivity index (χ2v) is 3.03. The van der Waals surface area contributed by atoms with E-state index in [-0.39, 0.29) is 5.78 Å². The van der Waals surface area contributed by atoms with E-state index in [0.29, 0.717) is 18.4 Å². The SMILES string of the molecule is O=C1CCc2ccccc2C1F. The van der Waals surface area contributed by atoms with Crippen molar-refractivity contribution >= 4 is 5.78 Å². The summed E-state index contributed by atoms with van der Waals surface area (Å²) in [7, 11) is 0. The maximum absolute atomic E-state index is 13.2. The minimum absolute atomic E-state index is 0.284. The Bertz CT molecular complexity index is 319. The first-order valence-electron chi connectivity index (χ1n) is 4.03. The van der Waals surface area contributed by atoms with Crippen molar-refractivity contribution in [3.63, 3.8) is 0 Å². The van der Waals surface area contributed by atoms with Gasteiger partial charge in [-0.05, 0) is 17.5 Å². The number of Topliss-reactive ketones (excluding diaryl/α,β-unsaturated/α-hetero) is 1. The van der Waals surface area contributed by atoms with Crippen LogP contribution in [0.4, 0.5) is 4.39 Å². The molecule has 0 saturated heterocycles. The summed E-state index contributed by atoms with van der Waals surface area (Å²) in [5.74, 6) is -0.284. The number of aryl methyl sites for hydroxylation is 1. The largest absolute Gasteiger partial charge is 0.296 e. The summed E-state index contributed by atoms with van der Waals surface area (Å²) < 4.78 is 13.2. The summed E-state index contributed by atoms with van der Waals surface area (Å²) >= 11 is 0. The zero-order valence-electron chi connectivity index (χ0n) is 6.59. The van der Waals surface area contributed by atoms with Gasteiger partial charge in [0.1, 0.15) is 0 Å². The fourth-order valence-corrected chi connectivity index (χ4v) is 1.57. The average molecular weight is 164 g/mol. The van der Waals surface area contributed by atoms with Crippen molar-refractivity contribution in [3.8, 4) is 0 Å². The molecule has 0 fully saturated rings. The molecule has 0 bridgehead atoms. The van der Waals surface area contributed by atoms with Crippen LogP contribution in [0.3, 0.4) is 0 Å². The van der Waals surface area contributed by atoms with Crippen molar-refractivity contribution in [3.05, 3.63) is 35.4 Å². The van der Waals surface area contributed by atoms with Gasteiger partial charge in [0.05, 0.1) is 0 Å². The van der Waals surface area contributed by atoms with Gasteiger partial charge in [0, 0.05) is 6.42 Å². The minimum atomic E-state index is -1.38. The molecule has 0 heterocycles. The molecule has 62 valence electrons. The van der Waals surface area contributed by atoms with Crippen LogP contribution >= 0.6 is 0 Å². The Morgan fingerprint density at radius 2 is 2.00 bits per heavy atom. The van der Waals surface area contributed by atoms with E-state index in [1.807, 2.05) is 12.1 Å². The summed E-state index contributed by atoms with van der Waals surface area (Å²) in [5.41, 5.74) is 1.54. The van der Waals surface area contributed by atoms with Gasteiger partial charge in [-0.3, -0.25) is 4.79 Å². The third-order valence-corrected chi connectivity index (χ3v) is 2.25. The Kier molecular flexibility index (Phi) is 1.68. The maximum atomic E-state index is 13.2. The quantitative estimate of drug-likeness (QED) is 0.574. The molecule has 1 aromatic carbocycles. The van der Waals surface area contributed by atoms with Crippen LogP contribution in [0.2, 0.25) is 0 Å². The van der Waals surface area contributed by atoms with Crippen molar-refractivity contribution in [2.24, 2.45) is 0 Å². The van der Waals surface area contributed by atoms with E-state index in [2.05, 4.69) is 0 Å². The van der Waals surface area contributed by atoms with Crippen LogP contribution in [0, 0.1) is 0 Å². The zero-order chi connectivity index (χ0) is 8.55. The highest BCUT2D eigenvalue weighted by Gasteiger charge is 2.26. The lowest BCUT2D eigenvalue weighted by atomic mass is 9.90. The lowest BCUT2D eigenvalue weighted by Gasteiger charge is -2.17. The lowest BCUT2D eigenvalue weighted by Crippen LogP contribution is -2.16. The van der Waals surface area contributed by atoms with Crippen molar-refractivity contribution in [1.29, 1.82) is 0 Å². The normalized spacial score (nSPS) is 22.1. The predicted molar refractivity (Wildman–Crippen MR) is 43.6 cm³/mol. The molecule has 12 heavy (non-hydrogen) atoms. The number of rotatable bonds is 0. The van der Waals surface area contributed by atoms with Crippen molar-refractivity contribution in [2.45, 2.75) is 19.0 Å². The Hall–Kier alpha value is -1.18. The van der Waals surface area contributed by atoms with Crippen LogP contribution in [-0.4, -0.2) is 5.78 Å². The predicted octanol–water partition coefficient (Wildman–Crippen LogP) is 2.21. The molecule has 1 aromatic rings. The van der Waals surface area contributed by atoms with E-state index < -0.39 is 6.17 Å². The van der Waals surface area contributed by atoms with Crippen LogP contribution < -0.4 is 0 Å². The summed E-state index contributed by atoms with van der Waals surface area (Å²) in [6.45, 7) is 0. The molecule has 2 heteroatoms. The summed E-state index contributed by atoms with van der Waals surface area (Å²) in [6, 6.07) is 7.22. The number of carbonyl (C=O) groups is 1. The van der Waals surface area contributed by atoms with E-state index >= 15 is 0 Å². The third-order valence-electron chi connectivity index (χ3n) is 2.25. The van der Waals surface area contributed by atoms with Crippen molar-refractivity contribution in [2.75, 3.05) is 0 Å². The first kappa shape index (κ1) is 7.47. The molecule has 1 nitrogen and oxygen atoms in total. The molecule has 0 N–H and O–H groups in total. The molecule has 0 spiro atoms. The number of hydrogen-bond donors (Lipinski definition) is 0. The van der Waals surface area contributed by atoms with E-state index in [0.717, 1.165) is 5.56 Å². The molecule has 1 aliphatic rings. The van der Waals surface area contributed by atoms with E-state index in [1.165, 1.54) is 0 Å². The number of halogens is 1. The molecular weight excluding hydrogens is 155 g/mol. The van der Waals surface area contributed by atoms with E-state index in [9.17, 15) is 9.18 Å². The Morgan fingerprint density at radius 3 is 2.83 bits per heavy atom. The van der Waals surface area contributed by atoms with Gasteiger partial charge in [0.2, 0.25) is 0 Å². The number of carbonyl (C=O) groups excluding carboxylic acids is 1. The van der Waals surface area contributed by atoms with Crippen LogP contribution in [-0.2, 0) is 11.2 Å². The highest BCUT2D eigenvalue weighted by atomic mass is 19.1. The second-order valence-electron chi connectivity index (χ2n) is 3.03. The van der Waals surface area contributed by atoms with Crippen LogP contribution in [0.5, 0.6) is 0 Å². The zero-order valence-corrected chi connectivity index (χ0v) is 6.59. The van der Waals surface area contributed by atoms with Crippen molar-refractivity contribution < 1.29 is 9.18 Å². The number of fused-ring (bicyclic) bond motifs is 1. The highest BCUT2D eigenvalue weighted by molar-refractivity contribution is 5.86. The van der Waals surface area contributed by atoms with Crippen molar-refractivity contribution in [1.82, 2.24) is 0 Å². The molecular formula is C10H9FO. The number of alkyl halides is 1. The maximum Gasteiger partial charge on any atom is 0.183 e. The molecule has 1 unspecified atom stereocenters. The molecule has 0 radical (unpaired) electrons. The molecule has 0 aromatic heterocycles. The molecule has 0 amide bonds. The Balaban J connectivity index is 2.48. The fraction of sp³-hybridized carbons (Fsp3) is 0.300. The second kappa shape index (κ2) is 2.70. The average Bonchev–Trinajstić information content (AvgIpc) is 2.12. The van der Waals surface area contributed by atoms with Crippen LogP contribution in [0.25, 0.3) is 0 Å². The first-order valence-corrected chi connectivity index (χ1v) is 4.03. The number of benzene rings is 1. The molecule has 2 rings (SSSR count). The summed E-state index contributed by atoms with van der Waals surface area (Å²) in [6.07, 6.45) is -0.344. The molecule has 0 saturated carbocycles. The van der Waals surface area contributed by atoms with Gasteiger partial charge in [-0.15, -0.1) is 0 Å². The van der Waals surface area contributed by atoms with Gasteiger partial charge in [0.25, 0.3) is 0 Å². The number of hydrogen-bond acceptors (Lipinski definition) is 1. The highest BCUT2D eigenvalue weighted by Crippen LogP contribution is 2.29. The van der Waals surface area contributed by atoms with E-state index in [4.69, 9.17) is 0 Å². The summed E-state index contributed by atoms with van der Waals surface area (Å²) in [4.78, 5) is 11.0. The third kappa shape index (κ3) is 1.04. The minimum Gasteiger partial charge on any atom is -0.296 e. The monoisotopic (exact) mass is 164 g/mol. The first-order chi connectivity index (χ1) is 5.79. The van der Waals surface area contributed by atoms with Gasteiger partial charge in [-0.2, -0.15) is 0 Å². The Labute approximate surface area is 70.2 Å². The lowest BCUT2D eigenvalue weighted by molar-refractivity contribution is -0.124. The van der Waals surface area contributed by atoms with Crippen LogP contribution in [0.1, 0.15) is 23.7 Å². The van der Waals surface area contributed by atoms with Crippen LogP contribution in [0.15, 0.2) is 24.3 Å². The van der Waals surface area contributed by atoms with Gasteiger partial charge in [0.15, 0.2) is 12.0 Å². The van der Waals surface area contributed by atoms with Gasteiger partial charge in [-0.1, -0.05) is 24.3 Å². The molecule has 1 aliphatic carbocycles. The van der Waals surface area contributed by atoms with E-state index in [1.54, 1.807) is 12.1 Å². The standard InChI is InChI=1S/C10H9FO/c11-10-8-4-2-1-3-7(8)5-6-9(10)12/h1-4,10H,5-6H2. The Morgan fingerprint density at radius 1 is 1.25 bits per heavy atom. The molecule has 0 aliphatic heterocycles. The van der Waals surface area contributed by atoms with Gasteiger partial charge < -0.3 is 0 Å².